The van der Waals surface area contributed by atoms with Gasteiger partial charge in [-0.2, -0.15) is 0 Å². The van der Waals surface area contributed by atoms with Gasteiger partial charge < -0.3 is 5.32 Å². The van der Waals surface area contributed by atoms with E-state index >= 15 is 0 Å². The summed E-state index contributed by atoms with van der Waals surface area (Å²) in [5.41, 5.74) is 0. The fourth-order valence-corrected chi connectivity index (χ4v) is 1.34. The maximum Gasteiger partial charge on any atom is 0.220 e. The molecular weight excluding hydrogens is 186 g/mol. The van der Waals surface area contributed by atoms with Gasteiger partial charge in [0.2, 0.25) is 5.91 Å². The number of halogens is 1. The van der Waals surface area contributed by atoms with Crippen LogP contribution in [0, 0.1) is 5.92 Å². The van der Waals surface area contributed by atoms with Crippen LogP contribution in [0.2, 0.25) is 0 Å². The molecule has 1 aliphatic rings. The van der Waals surface area contributed by atoms with Crippen LogP contribution in [0.5, 0.6) is 0 Å². The zero-order chi connectivity index (χ0) is 9.68. The lowest BCUT2D eigenvalue weighted by Crippen LogP contribution is -2.26. The maximum absolute atomic E-state index is 11.2. The quantitative estimate of drug-likeness (QED) is 0.660. The Morgan fingerprint density at radius 2 is 2.31 bits per heavy atom. The van der Waals surface area contributed by atoms with E-state index in [1.807, 2.05) is 0 Å². The SMILES string of the molecule is CCC(Cl)CCNC(=O)CC1CC1. The average molecular weight is 204 g/mol. The summed E-state index contributed by atoms with van der Waals surface area (Å²) in [6, 6.07) is 0. The highest BCUT2D eigenvalue weighted by Gasteiger charge is 2.23. The second-order valence-electron chi connectivity index (χ2n) is 3.79. The van der Waals surface area contributed by atoms with Crippen molar-refractivity contribution in [3.05, 3.63) is 0 Å². The zero-order valence-electron chi connectivity index (χ0n) is 8.18. The molecule has 0 aromatic rings. The standard InChI is InChI=1S/C10H18ClNO/c1-2-9(11)5-6-12-10(13)7-8-3-4-8/h8-9H,2-7H2,1H3,(H,12,13). The Hall–Kier alpha value is -0.240. The van der Waals surface area contributed by atoms with Gasteiger partial charge in [0.25, 0.3) is 0 Å². The Bertz CT molecular complexity index is 168. The van der Waals surface area contributed by atoms with E-state index in [2.05, 4.69) is 12.2 Å². The molecule has 0 heterocycles. The molecule has 0 aliphatic heterocycles. The maximum atomic E-state index is 11.2. The molecule has 1 amide bonds. The number of amides is 1. The summed E-state index contributed by atoms with van der Waals surface area (Å²) in [6.45, 7) is 2.79. The summed E-state index contributed by atoms with van der Waals surface area (Å²) in [4.78, 5) is 11.2. The Kier molecular flexibility index (Phi) is 4.57. The van der Waals surface area contributed by atoms with Crippen molar-refractivity contribution in [1.82, 2.24) is 5.32 Å². The lowest BCUT2D eigenvalue weighted by atomic mass is 10.2. The number of alkyl halides is 1. The van der Waals surface area contributed by atoms with E-state index < -0.39 is 0 Å². The van der Waals surface area contributed by atoms with Crippen molar-refractivity contribution in [2.75, 3.05) is 6.54 Å². The van der Waals surface area contributed by atoms with Crippen molar-refractivity contribution in [2.45, 2.75) is 44.4 Å². The highest BCUT2D eigenvalue weighted by molar-refractivity contribution is 6.20. The van der Waals surface area contributed by atoms with E-state index in [-0.39, 0.29) is 11.3 Å². The highest BCUT2D eigenvalue weighted by Crippen LogP contribution is 2.31. The molecule has 76 valence electrons. The van der Waals surface area contributed by atoms with Crippen molar-refractivity contribution >= 4 is 17.5 Å². The molecular formula is C10H18ClNO. The smallest absolute Gasteiger partial charge is 0.220 e. The van der Waals surface area contributed by atoms with Crippen LogP contribution in [0.1, 0.15) is 39.0 Å². The van der Waals surface area contributed by atoms with Crippen LogP contribution in [0.25, 0.3) is 0 Å². The molecule has 1 atom stereocenters. The molecule has 1 saturated carbocycles. The molecule has 1 rings (SSSR count). The van der Waals surface area contributed by atoms with Crippen LogP contribution >= 0.6 is 11.6 Å². The van der Waals surface area contributed by atoms with Gasteiger partial charge in [-0.25, -0.2) is 0 Å². The molecule has 2 nitrogen and oxygen atoms in total. The molecule has 1 N–H and O–H groups in total. The predicted molar refractivity (Wildman–Crippen MR) is 54.9 cm³/mol. The fraction of sp³-hybridized carbons (Fsp3) is 0.900. The van der Waals surface area contributed by atoms with E-state index in [9.17, 15) is 4.79 Å². The Balaban J connectivity index is 1.94. The summed E-state index contributed by atoms with van der Waals surface area (Å²) >= 11 is 5.92. The summed E-state index contributed by atoms with van der Waals surface area (Å²) in [5, 5.41) is 3.11. The first-order valence-corrected chi connectivity index (χ1v) is 5.56. The number of hydrogen-bond acceptors (Lipinski definition) is 1. The van der Waals surface area contributed by atoms with E-state index in [0.29, 0.717) is 5.92 Å². The lowest BCUT2D eigenvalue weighted by molar-refractivity contribution is -0.121. The van der Waals surface area contributed by atoms with Crippen LogP contribution in [0.15, 0.2) is 0 Å². The van der Waals surface area contributed by atoms with Gasteiger partial charge in [-0.1, -0.05) is 6.92 Å². The van der Waals surface area contributed by atoms with E-state index in [0.717, 1.165) is 25.8 Å². The van der Waals surface area contributed by atoms with Crippen LogP contribution in [0.4, 0.5) is 0 Å². The van der Waals surface area contributed by atoms with Gasteiger partial charge in [0.15, 0.2) is 0 Å². The largest absolute Gasteiger partial charge is 0.356 e. The van der Waals surface area contributed by atoms with Crippen molar-refractivity contribution in [2.24, 2.45) is 5.92 Å². The Morgan fingerprint density at radius 1 is 1.62 bits per heavy atom. The van der Waals surface area contributed by atoms with Crippen LogP contribution < -0.4 is 5.32 Å². The summed E-state index contributed by atoms with van der Waals surface area (Å²) in [7, 11) is 0. The number of nitrogens with one attached hydrogen (secondary N) is 1. The fourth-order valence-electron chi connectivity index (χ4n) is 1.23. The molecule has 1 aliphatic carbocycles. The zero-order valence-corrected chi connectivity index (χ0v) is 8.94. The lowest BCUT2D eigenvalue weighted by Gasteiger charge is -2.07. The molecule has 3 heteroatoms. The van der Waals surface area contributed by atoms with E-state index in [1.165, 1.54) is 12.8 Å². The third-order valence-electron chi connectivity index (χ3n) is 2.39. The van der Waals surface area contributed by atoms with Gasteiger partial charge in [-0.3, -0.25) is 4.79 Å². The highest BCUT2D eigenvalue weighted by atomic mass is 35.5. The number of hydrogen-bond donors (Lipinski definition) is 1. The van der Waals surface area contributed by atoms with Crippen molar-refractivity contribution in [1.29, 1.82) is 0 Å². The third-order valence-corrected chi connectivity index (χ3v) is 2.92. The number of rotatable bonds is 6. The van der Waals surface area contributed by atoms with E-state index in [4.69, 9.17) is 11.6 Å². The second-order valence-corrected chi connectivity index (χ2v) is 4.41. The van der Waals surface area contributed by atoms with Gasteiger partial charge in [-0.05, 0) is 31.6 Å². The van der Waals surface area contributed by atoms with Crippen molar-refractivity contribution in [3.63, 3.8) is 0 Å². The van der Waals surface area contributed by atoms with Crippen molar-refractivity contribution in [3.8, 4) is 0 Å². The summed E-state index contributed by atoms with van der Waals surface area (Å²) in [5.74, 6) is 0.875. The minimum atomic E-state index is 0.197. The monoisotopic (exact) mass is 203 g/mol. The normalized spacial score (nSPS) is 18.3. The van der Waals surface area contributed by atoms with E-state index in [1.54, 1.807) is 0 Å². The van der Waals surface area contributed by atoms with Gasteiger partial charge >= 0.3 is 0 Å². The average Bonchev–Trinajstić information content (AvgIpc) is 2.88. The first-order valence-electron chi connectivity index (χ1n) is 5.13. The molecule has 0 radical (unpaired) electrons. The number of carbonyl (C=O) groups excluding carboxylic acids is 1. The molecule has 0 aromatic carbocycles. The molecule has 1 fully saturated rings. The summed E-state index contributed by atoms with van der Waals surface area (Å²) < 4.78 is 0. The van der Waals surface area contributed by atoms with Gasteiger partial charge in [0.05, 0.1) is 0 Å². The molecule has 0 saturated heterocycles. The Morgan fingerprint density at radius 3 is 2.85 bits per heavy atom. The predicted octanol–water partition coefficient (Wildman–Crippen LogP) is 2.31. The minimum Gasteiger partial charge on any atom is -0.356 e. The first kappa shape index (κ1) is 10.8. The topological polar surface area (TPSA) is 29.1 Å². The molecule has 0 spiro atoms. The summed E-state index contributed by atoms with van der Waals surface area (Å²) in [6.07, 6.45) is 5.05. The van der Waals surface area contributed by atoms with Gasteiger partial charge in [-0.15, -0.1) is 11.6 Å². The van der Waals surface area contributed by atoms with Crippen LogP contribution in [-0.2, 0) is 4.79 Å². The van der Waals surface area contributed by atoms with Gasteiger partial charge in [0, 0.05) is 18.3 Å². The van der Waals surface area contributed by atoms with Crippen LogP contribution in [0.3, 0.4) is 0 Å². The Labute approximate surface area is 85.0 Å². The second kappa shape index (κ2) is 5.48. The number of carbonyl (C=O) groups is 1. The van der Waals surface area contributed by atoms with Gasteiger partial charge in [0.1, 0.15) is 0 Å². The van der Waals surface area contributed by atoms with Crippen LogP contribution in [-0.4, -0.2) is 17.8 Å². The molecule has 0 aromatic heterocycles. The molecule has 1 unspecified atom stereocenters. The van der Waals surface area contributed by atoms with Crippen molar-refractivity contribution < 1.29 is 4.79 Å². The molecule has 13 heavy (non-hydrogen) atoms. The first-order chi connectivity index (χ1) is 6.22. The third kappa shape index (κ3) is 5.14. The minimum absolute atomic E-state index is 0.197. The molecule has 0 bridgehead atoms.